The predicted molar refractivity (Wildman–Crippen MR) is 36.6 cm³/mol. The molecule has 0 saturated heterocycles. The van der Waals surface area contributed by atoms with Crippen molar-refractivity contribution in [1.29, 1.82) is 0 Å². The minimum Gasteiger partial charge on any atom is -0.377 e. The Kier molecular flexibility index (Phi) is 4.18. The molecule has 0 spiro atoms. The summed E-state index contributed by atoms with van der Waals surface area (Å²) in [7, 11) is 0. The van der Waals surface area contributed by atoms with E-state index in [1.54, 1.807) is 6.92 Å². The molecule has 0 aromatic carbocycles. The third kappa shape index (κ3) is 3.41. The summed E-state index contributed by atoms with van der Waals surface area (Å²) >= 11 is 0. The normalized spacial score (nSPS) is 11.6. The Morgan fingerprint density at radius 1 is 1.55 bits per heavy atom. The highest BCUT2D eigenvalue weighted by Gasteiger charge is 2.32. The highest BCUT2D eigenvalue weighted by molar-refractivity contribution is 5.07. The molecular formula is C7H11F3O. The number of ether oxygens (including phenoxy) is 1. The fraction of sp³-hybridized carbons (Fsp3) is 0.714. The van der Waals surface area contributed by atoms with E-state index in [2.05, 4.69) is 11.3 Å². The Morgan fingerprint density at radius 2 is 2.09 bits per heavy atom. The van der Waals surface area contributed by atoms with E-state index in [9.17, 15) is 13.2 Å². The van der Waals surface area contributed by atoms with Crippen LogP contribution in [0.3, 0.4) is 0 Å². The van der Waals surface area contributed by atoms with Gasteiger partial charge in [0.2, 0.25) is 0 Å². The van der Waals surface area contributed by atoms with E-state index < -0.39 is 18.2 Å². The van der Waals surface area contributed by atoms with Crippen molar-refractivity contribution in [2.75, 3.05) is 19.9 Å². The third-order valence-corrected chi connectivity index (χ3v) is 1.17. The zero-order chi connectivity index (χ0) is 8.91. The van der Waals surface area contributed by atoms with Gasteiger partial charge < -0.3 is 4.74 Å². The molecule has 4 heteroatoms. The van der Waals surface area contributed by atoms with Gasteiger partial charge >= 0.3 is 0 Å². The number of rotatable bonds is 5. The summed E-state index contributed by atoms with van der Waals surface area (Å²) in [5.74, 6) is -3.44. The lowest BCUT2D eigenvalue weighted by atomic mass is 10.2. The van der Waals surface area contributed by atoms with E-state index in [0.29, 0.717) is 6.61 Å². The van der Waals surface area contributed by atoms with Crippen LogP contribution in [0, 0.1) is 0 Å². The van der Waals surface area contributed by atoms with Crippen LogP contribution in [0.25, 0.3) is 0 Å². The first kappa shape index (κ1) is 10.5. The molecule has 0 aromatic rings. The van der Waals surface area contributed by atoms with E-state index >= 15 is 0 Å². The van der Waals surface area contributed by atoms with Gasteiger partial charge in [-0.05, 0) is 6.92 Å². The van der Waals surface area contributed by atoms with E-state index in [4.69, 9.17) is 0 Å². The Morgan fingerprint density at radius 3 is 2.45 bits per heavy atom. The minimum absolute atomic E-state index is 0.284. The van der Waals surface area contributed by atoms with Crippen LogP contribution in [-0.4, -0.2) is 25.8 Å². The summed E-state index contributed by atoms with van der Waals surface area (Å²) in [5, 5.41) is 0. The fourth-order valence-electron chi connectivity index (χ4n) is 0.425. The maximum absolute atomic E-state index is 12.3. The Balaban J connectivity index is 3.82. The summed E-state index contributed by atoms with van der Waals surface area (Å²) < 4.78 is 40.8. The molecule has 0 bridgehead atoms. The van der Waals surface area contributed by atoms with Crippen molar-refractivity contribution < 1.29 is 17.9 Å². The smallest absolute Gasteiger partial charge is 0.299 e. The lowest BCUT2D eigenvalue weighted by molar-refractivity contribution is -0.0000101. The topological polar surface area (TPSA) is 9.23 Å². The molecule has 0 heterocycles. The Bertz CT molecular complexity index is 134. The minimum atomic E-state index is -3.44. The molecule has 0 N–H and O–H groups in total. The molecule has 66 valence electrons. The predicted octanol–water partition coefficient (Wildman–Crippen LogP) is 2.18. The van der Waals surface area contributed by atoms with Gasteiger partial charge in [-0.25, -0.2) is 4.39 Å². The first-order valence-corrected chi connectivity index (χ1v) is 3.24. The summed E-state index contributed by atoms with van der Waals surface area (Å²) in [6.45, 7) is 3.01. The van der Waals surface area contributed by atoms with Gasteiger partial charge in [0.15, 0.2) is 6.67 Å². The maximum Gasteiger partial charge on any atom is 0.299 e. The number of hydrogen-bond acceptors (Lipinski definition) is 1. The van der Waals surface area contributed by atoms with Gasteiger partial charge in [0.25, 0.3) is 5.92 Å². The van der Waals surface area contributed by atoms with Crippen molar-refractivity contribution in [2.45, 2.75) is 12.8 Å². The zero-order valence-corrected chi connectivity index (χ0v) is 6.37. The van der Waals surface area contributed by atoms with Gasteiger partial charge in [0.1, 0.15) is 0 Å². The first-order valence-electron chi connectivity index (χ1n) is 3.24. The molecule has 0 saturated carbocycles. The maximum atomic E-state index is 12.3. The van der Waals surface area contributed by atoms with Crippen molar-refractivity contribution in [3.05, 3.63) is 12.2 Å². The molecule has 0 unspecified atom stereocenters. The van der Waals surface area contributed by atoms with Gasteiger partial charge in [-0.15, -0.1) is 0 Å². The van der Waals surface area contributed by atoms with E-state index in [-0.39, 0.29) is 6.61 Å². The van der Waals surface area contributed by atoms with E-state index in [1.165, 1.54) is 0 Å². The summed E-state index contributed by atoms with van der Waals surface area (Å²) in [4.78, 5) is 0. The van der Waals surface area contributed by atoms with Crippen LogP contribution in [0.2, 0.25) is 0 Å². The molecule has 0 aliphatic rings. The molecule has 1 nitrogen and oxygen atoms in total. The second kappa shape index (κ2) is 4.38. The summed E-state index contributed by atoms with van der Waals surface area (Å²) in [5.41, 5.74) is -0.512. The largest absolute Gasteiger partial charge is 0.377 e. The van der Waals surface area contributed by atoms with Crippen LogP contribution in [0.5, 0.6) is 0 Å². The third-order valence-electron chi connectivity index (χ3n) is 1.17. The Labute approximate surface area is 63.8 Å². The van der Waals surface area contributed by atoms with Crippen LogP contribution < -0.4 is 0 Å². The molecule has 0 aromatic heterocycles. The van der Waals surface area contributed by atoms with Crippen molar-refractivity contribution in [3.63, 3.8) is 0 Å². The SMILES string of the molecule is C=C(COCC)C(F)(F)CF. The summed E-state index contributed by atoms with van der Waals surface area (Å²) in [6, 6.07) is 0. The Hall–Kier alpha value is -0.510. The lowest BCUT2D eigenvalue weighted by Crippen LogP contribution is -2.24. The number of halogens is 3. The highest BCUT2D eigenvalue weighted by Crippen LogP contribution is 2.22. The summed E-state index contributed by atoms with van der Waals surface area (Å²) in [6.07, 6.45) is 0. The molecule has 0 amide bonds. The second-order valence-corrected chi connectivity index (χ2v) is 2.08. The standard InChI is InChI=1S/C7H11F3O/c1-3-11-4-6(2)7(9,10)5-8/h2-5H2,1H3. The van der Waals surface area contributed by atoms with Gasteiger partial charge in [0.05, 0.1) is 6.61 Å². The molecule has 0 radical (unpaired) electrons. The van der Waals surface area contributed by atoms with Crippen LogP contribution in [0.1, 0.15) is 6.92 Å². The van der Waals surface area contributed by atoms with Crippen molar-refractivity contribution >= 4 is 0 Å². The van der Waals surface area contributed by atoms with Crippen LogP contribution in [0.4, 0.5) is 13.2 Å². The highest BCUT2D eigenvalue weighted by atomic mass is 19.3. The number of alkyl halides is 3. The molecule has 0 rings (SSSR count). The quantitative estimate of drug-likeness (QED) is 0.572. The van der Waals surface area contributed by atoms with Crippen LogP contribution in [-0.2, 0) is 4.74 Å². The molecule has 0 fully saturated rings. The second-order valence-electron chi connectivity index (χ2n) is 2.08. The zero-order valence-electron chi connectivity index (χ0n) is 6.37. The van der Waals surface area contributed by atoms with Crippen molar-refractivity contribution in [1.82, 2.24) is 0 Å². The molecule has 0 atom stereocenters. The van der Waals surface area contributed by atoms with Gasteiger partial charge in [-0.2, -0.15) is 8.78 Å². The van der Waals surface area contributed by atoms with Gasteiger partial charge in [0, 0.05) is 12.2 Å². The van der Waals surface area contributed by atoms with Crippen molar-refractivity contribution in [2.24, 2.45) is 0 Å². The van der Waals surface area contributed by atoms with Crippen molar-refractivity contribution in [3.8, 4) is 0 Å². The van der Waals surface area contributed by atoms with Gasteiger partial charge in [-0.3, -0.25) is 0 Å². The molecule has 11 heavy (non-hydrogen) atoms. The molecular weight excluding hydrogens is 157 g/mol. The average Bonchev–Trinajstić information content (AvgIpc) is 2.00. The average molecular weight is 168 g/mol. The monoisotopic (exact) mass is 168 g/mol. The van der Waals surface area contributed by atoms with Crippen LogP contribution in [0.15, 0.2) is 12.2 Å². The molecule has 0 aliphatic heterocycles. The van der Waals surface area contributed by atoms with E-state index in [1.807, 2.05) is 0 Å². The fourth-order valence-corrected chi connectivity index (χ4v) is 0.425. The molecule has 0 aliphatic carbocycles. The van der Waals surface area contributed by atoms with Crippen LogP contribution >= 0.6 is 0 Å². The van der Waals surface area contributed by atoms with Gasteiger partial charge in [-0.1, -0.05) is 6.58 Å². The lowest BCUT2D eigenvalue weighted by Gasteiger charge is -2.14. The number of hydrogen-bond donors (Lipinski definition) is 0. The van der Waals surface area contributed by atoms with E-state index in [0.717, 1.165) is 0 Å². The first-order chi connectivity index (χ1) is 5.04.